The number of nitrogens with zero attached hydrogens (tertiary/aromatic N) is 5. The van der Waals surface area contributed by atoms with E-state index in [-0.39, 0.29) is 6.03 Å². The number of hydrogen-bond donors (Lipinski definition) is 1. The van der Waals surface area contributed by atoms with Gasteiger partial charge in [-0.25, -0.2) is 14.8 Å². The lowest BCUT2D eigenvalue weighted by molar-refractivity contribution is 0.122. The van der Waals surface area contributed by atoms with E-state index in [1.807, 2.05) is 24.3 Å². The van der Waals surface area contributed by atoms with Crippen LogP contribution in [-0.4, -0.2) is 60.9 Å². The van der Waals surface area contributed by atoms with E-state index in [4.69, 9.17) is 24.7 Å². The molecule has 0 unspecified atom stereocenters. The molecular formula is C27H28N6O3. The second-order valence-electron chi connectivity index (χ2n) is 8.77. The summed E-state index contributed by atoms with van der Waals surface area (Å²) in [7, 11) is 1.67. The summed E-state index contributed by atoms with van der Waals surface area (Å²) in [5.41, 5.74) is 4.09. The van der Waals surface area contributed by atoms with E-state index < -0.39 is 0 Å². The first-order valence-corrected chi connectivity index (χ1v) is 12.0. The highest BCUT2D eigenvalue weighted by Gasteiger charge is 2.28. The van der Waals surface area contributed by atoms with Crippen LogP contribution in [0.25, 0.3) is 0 Å². The third-order valence-corrected chi connectivity index (χ3v) is 6.47. The van der Waals surface area contributed by atoms with Crippen LogP contribution < -0.4 is 15.0 Å². The van der Waals surface area contributed by atoms with Gasteiger partial charge >= 0.3 is 6.03 Å². The van der Waals surface area contributed by atoms with Gasteiger partial charge in [0.25, 0.3) is 0 Å². The van der Waals surface area contributed by atoms with Crippen LogP contribution in [0.1, 0.15) is 28.2 Å². The topological polar surface area (TPSA) is 104 Å². The van der Waals surface area contributed by atoms with Gasteiger partial charge in [-0.15, -0.1) is 0 Å². The smallest absolute Gasteiger partial charge is 0.322 e. The van der Waals surface area contributed by atoms with Gasteiger partial charge in [0.15, 0.2) is 0 Å². The van der Waals surface area contributed by atoms with Crippen molar-refractivity contribution in [2.45, 2.75) is 19.4 Å². The van der Waals surface area contributed by atoms with Gasteiger partial charge in [-0.05, 0) is 24.3 Å². The Morgan fingerprint density at radius 3 is 2.78 bits per heavy atom. The highest BCUT2D eigenvalue weighted by molar-refractivity contribution is 5.89. The van der Waals surface area contributed by atoms with Crippen molar-refractivity contribution in [2.24, 2.45) is 0 Å². The fourth-order valence-corrected chi connectivity index (χ4v) is 4.62. The number of aromatic nitrogens is 2. The van der Waals surface area contributed by atoms with Gasteiger partial charge in [0.2, 0.25) is 0 Å². The zero-order valence-electron chi connectivity index (χ0n) is 20.2. The Morgan fingerprint density at radius 1 is 1.14 bits per heavy atom. The zero-order chi connectivity index (χ0) is 24.9. The number of anilines is 2. The summed E-state index contributed by atoms with van der Waals surface area (Å²) < 4.78 is 11.1. The number of benzene rings is 2. The predicted molar refractivity (Wildman–Crippen MR) is 135 cm³/mol. The van der Waals surface area contributed by atoms with E-state index in [0.29, 0.717) is 50.4 Å². The van der Waals surface area contributed by atoms with Gasteiger partial charge in [-0.1, -0.05) is 24.3 Å². The molecule has 5 rings (SSSR count). The van der Waals surface area contributed by atoms with Crippen LogP contribution in [0, 0.1) is 11.3 Å². The average Bonchev–Trinajstić information content (AvgIpc) is 2.93. The van der Waals surface area contributed by atoms with E-state index in [2.05, 4.69) is 16.3 Å². The molecule has 0 aliphatic carbocycles. The molecule has 3 aromatic rings. The number of carbonyl (C=O) groups is 1. The summed E-state index contributed by atoms with van der Waals surface area (Å²) in [6.45, 7) is 3.72. The number of carbonyl (C=O) groups excluding carboxylic acids is 1. The number of ether oxygens (including phenoxy) is 2. The van der Waals surface area contributed by atoms with Crippen LogP contribution in [0.4, 0.5) is 16.3 Å². The molecule has 2 aliphatic rings. The number of amides is 2. The standard InChI is InChI=1S/C27H28N6O3/c1-35-24-8-3-2-6-20(24)16-25-30-23-9-10-33(27(34)29-21-7-4-5-19(15-21)17-28)18-22(23)26(31-25)32-11-13-36-14-12-32/h2-8,15H,9-14,16,18H2,1H3,(H,29,34). The van der Waals surface area contributed by atoms with Crippen LogP contribution in [0.2, 0.25) is 0 Å². The van der Waals surface area contributed by atoms with E-state index in [9.17, 15) is 4.79 Å². The van der Waals surface area contributed by atoms with Crippen molar-refractivity contribution in [1.82, 2.24) is 14.9 Å². The van der Waals surface area contributed by atoms with Gasteiger partial charge in [-0.2, -0.15) is 5.26 Å². The van der Waals surface area contributed by atoms with Crippen LogP contribution in [0.5, 0.6) is 5.75 Å². The molecule has 1 saturated heterocycles. The van der Waals surface area contributed by atoms with Crippen molar-refractivity contribution in [3.8, 4) is 11.8 Å². The van der Waals surface area contributed by atoms with Crippen LogP contribution in [0.15, 0.2) is 48.5 Å². The molecule has 36 heavy (non-hydrogen) atoms. The Kier molecular flexibility index (Phi) is 6.96. The van der Waals surface area contributed by atoms with Crippen molar-refractivity contribution in [2.75, 3.05) is 50.2 Å². The van der Waals surface area contributed by atoms with E-state index in [1.54, 1.807) is 36.3 Å². The molecule has 0 saturated carbocycles. The van der Waals surface area contributed by atoms with Crippen molar-refractivity contribution >= 4 is 17.5 Å². The number of fused-ring (bicyclic) bond motifs is 1. The lowest BCUT2D eigenvalue weighted by Crippen LogP contribution is -2.42. The third-order valence-electron chi connectivity index (χ3n) is 6.47. The first kappa shape index (κ1) is 23.6. The Balaban J connectivity index is 1.42. The maximum absolute atomic E-state index is 13.1. The average molecular weight is 485 g/mol. The third kappa shape index (κ3) is 5.09. The number of nitriles is 1. The number of rotatable bonds is 5. The molecule has 1 N–H and O–H groups in total. The Bertz CT molecular complexity index is 1300. The number of methoxy groups -OCH3 is 1. The SMILES string of the molecule is COc1ccccc1Cc1nc2c(c(N3CCOCC3)n1)CN(C(=O)Nc1cccc(C#N)c1)CC2. The van der Waals surface area contributed by atoms with Gasteiger partial charge in [0.1, 0.15) is 17.4 Å². The first-order valence-electron chi connectivity index (χ1n) is 12.0. The minimum atomic E-state index is -0.207. The Morgan fingerprint density at radius 2 is 1.97 bits per heavy atom. The highest BCUT2D eigenvalue weighted by atomic mass is 16.5. The largest absolute Gasteiger partial charge is 0.496 e. The molecular weight excluding hydrogens is 456 g/mol. The predicted octanol–water partition coefficient (Wildman–Crippen LogP) is 3.37. The minimum absolute atomic E-state index is 0.207. The molecule has 0 bridgehead atoms. The number of para-hydroxylation sites is 1. The molecule has 9 heteroatoms. The molecule has 1 fully saturated rings. The van der Waals surface area contributed by atoms with Gasteiger partial charge < -0.3 is 24.6 Å². The molecule has 1 aromatic heterocycles. The molecule has 0 atom stereocenters. The van der Waals surface area contributed by atoms with Crippen LogP contribution in [0.3, 0.4) is 0 Å². The van der Waals surface area contributed by atoms with Crippen molar-refractivity contribution in [3.63, 3.8) is 0 Å². The van der Waals surface area contributed by atoms with Gasteiger partial charge in [-0.3, -0.25) is 0 Å². The second-order valence-corrected chi connectivity index (χ2v) is 8.77. The summed E-state index contributed by atoms with van der Waals surface area (Å²) in [5, 5.41) is 12.1. The molecule has 2 aromatic carbocycles. The second kappa shape index (κ2) is 10.6. The van der Waals surface area contributed by atoms with Gasteiger partial charge in [0.05, 0.1) is 44.2 Å². The van der Waals surface area contributed by atoms with Gasteiger partial charge in [0, 0.05) is 49.3 Å². The van der Waals surface area contributed by atoms with Crippen molar-refractivity contribution in [1.29, 1.82) is 5.26 Å². The quantitative estimate of drug-likeness (QED) is 0.592. The number of nitrogens with one attached hydrogen (secondary N) is 1. The summed E-state index contributed by atoms with van der Waals surface area (Å²) in [6.07, 6.45) is 1.20. The molecule has 9 nitrogen and oxygen atoms in total. The number of morpholine rings is 1. The minimum Gasteiger partial charge on any atom is -0.496 e. The Labute approximate surface area is 210 Å². The summed E-state index contributed by atoms with van der Waals surface area (Å²) in [6, 6.07) is 16.7. The molecule has 0 spiro atoms. The van der Waals surface area contributed by atoms with E-state index >= 15 is 0 Å². The summed E-state index contributed by atoms with van der Waals surface area (Å²) in [4.78, 5) is 27.0. The fraction of sp³-hybridized carbons (Fsp3) is 0.333. The molecule has 0 radical (unpaired) electrons. The maximum Gasteiger partial charge on any atom is 0.322 e. The molecule has 2 aliphatic heterocycles. The highest BCUT2D eigenvalue weighted by Crippen LogP contribution is 2.29. The van der Waals surface area contributed by atoms with Crippen LogP contribution in [-0.2, 0) is 24.1 Å². The normalized spacial score (nSPS) is 15.1. The lowest BCUT2D eigenvalue weighted by atomic mass is 10.0. The Hall–Kier alpha value is -4.16. The number of urea groups is 1. The monoisotopic (exact) mass is 484 g/mol. The van der Waals surface area contributed by atoms with Crippen molar-refractivity contribution < 1.29 is 14.3 Å². The van der Waals surface area contributed by atoms with E-state index in [0.717, 1.165) is 47.3 Å². The fourth-order valence-electron chi connectivity index (χ4n) is 4.62. The van der Waals surface area contributed by atoms with E-state index in [1.165, 1.54) is 0 Å². The molecule has 184 valence electrons. The first-order chi connectivity index (χ1) is 17.6. The summed E-state index contributed by atoms with van der Waals surface area (Å²) in [5.74, 6) is 2.43. The molecule has 2 amide bonds. The lowest BCUT2D eigenvalue weighted by Gasteiger charge is -2.34. The maximum atomic E-state index is 13.1. The zero-order valence-corrected chi connectivity index (χ0v) is 20.2. The van der Waals surface area contributed by atoms with Crippen LogP contribution >= 0.6 is 0 Å². The number of hydrogen-bond acceptors (Lipinski definition) is 7. The summed E-state index contributed by atoms with van der Waals surface area (Å²) >= 11 is 0. The molecule has 3 heterocycles. The van der Waals surface area contributed by atoms with Crippen molar-refractivity contribution in [3.05, 3.63) is 76.7 Å².